The predicted octanol–water partition coefficient (Wildman–Crippen LogP) is 3.25. The van der Waals surface area contributed by atoms with Gasteiger partial charge in [-0.3, -0.25) is 0 Å². The number of hydrogen-bond donors (Lipinski definition) is 1. The van der Waals surface area contributed by atoms with Crippen LogP contribution in [0.2, 0.25) is 0 Å². The zero-order chi connectivity index (χ0) is 14.2. The maximum absolute atomic E-state index is 4.64. The largest absolute Gasteiger partial charge is 0.300 e. The van der Waals surface area contributed by atoms with Crippen LogP contribution in [0, 0.1) is 6.92 Å². The van der Waals surface area contributed by atoms with E-state index >= 15 is 0 Å². The van der Waals surface area contributed by atoms with Crippen LogP contribution in [0.25, 0.3) is 0 Å². The lowest BCUT2D eigenvalue weighted by atomic mass is 10.00. The Hall–Kier alpha value is -1.33. The molecule has 2 aliphatic rings. The van der Waals surface area contributed by atoms with Crippen LogP contribution in [0.15, 0.2) is 29.2 Å². The zero-order valence-corrected chi connectivity index (χ0v) is 13.1. The molecule has 0 amide bonds. The van der Waals surface area contributed by atoms with Crippen LogP contribution < -0.4 is 5.32 Å². The summed E-state index contributed by atoms with van der Waals surface area (Å²) in [4.78, 5) is 6.06. The van der Waals surface area contributed by atoms with Crippen LogP contribution in [0.3, 0.4) is 0 Å². The van der Waals surface area contributed by atoms with Gasteiger partial charge in [-0.15, -0.1) is 11.8 Å². The minimum Gasteiger partial charge on any atom is -0.300 e. The third-order valence-corrected chi connectivity index (χ3v) is 5.46. The molecule has 4 rings (SSSR count). The van der Waals surface area contributed by atoms with Gasteiger partial charge >= 0.3 is 0 Å². The van der Waals surface area contributed by atoms with E-state index in [0.717, 1.165) is 24.6 Å². The van der Waals surface area contributed by atoms with Gasteiger partial charge in [0.15, 0.2) is 0 Å². The summed E-state index contributed by atoms with van der Waals surface area (Å²) in [5.41, 5.74) is 1.45. The predicted molar refractivity (Wildman–Crippen MR) is 84.4 cm³/mol. The van der Waals surface area contributed by atoms with Gasteiger partial charge in [0.25, 0.3) is 0 Å². The van der Waals surface area contributed by atoms with Gasteiger partial charge in [-0.2, -0.15) is 5.10 Å². The molecule has 0 fully saturated rings. The number of hydrogen-bond acceptors (Lipinski definition) is 4. The van der Waals surface area contributed by atoms with E-state index in [2.05, 4.69) is 44.3 Å². The van der Waals surface area contributed by atoms with Crippen LogP contribution in [0.1, 0.15) is 48.6 Å². The van der Waals surface area contributed by atoms with Crippen molar-refractivity contribution in [3.05, 3.63) is 41.5 Å². The molecule has 2 aromatic rings. The Morgan fingerprint density at radius 3 is 3.10 bits per heavy atom. The van der Waals surface area contributed by atoms with Gasteiger partial charge in [-0.05, 0) is 43.6 Å². The van der Waals surface area contributed by atoms with Crippen molar-refractivity contribution < 1.29 is 0 Å². The molecular weight excluding hydrogens is 280 g/mol. The summed E-state index contributed by atoms with van der Waals surface area (Å²) in [5.74, 6) is 3.19. The van der Waals surface area contributed by atoms with Crippen molar-refractivity contribution in [1.29, 1.82) is 0 Å². The van der Waals surface area contributed by atoms with E-state index in [4.69, 9.17) is 0 Å². The van der Waals surface area contributed by atoms with Crippen LogP contribution >= 0.6 is 11.8 Å². The molecule has 1 aromatic heterocycles. The standard InChI is InChI=1S/C16H20N4S/c1-11-17-16-14(6-4-9-20(16)19-11)18-13-8-10-21-15-7-3-2-5-12(13)15/h2-3,5,7,13-14,18H,4,6,8-10H2,1H3/t13-,14+/m0/s1. The molecule has 0 aliphatic carbocycles. The van der Waals surface area contributed by atoms with Crippen LogP contribution in [-0.4, -0.2) is 20.5 Å². The van der Waals surface area contributed by atoms with Crippen LogP contribution in [0.4, 0.5) is 0 Å². The summed E-state index contributed by atoms with van der Waals surface area (Å²) < 4.78 is 2.08. The van der Waals surface area contributed by atoms with E-state index in [1.54, 1.807) is 0 Å². The number of nitrogens with zero attached hydrogens (tertiary/aromatic N) is 3. The van der Waals surface area contributed by atoms with Gasteiger partial charge in [0.1, 0.15) is 11.6 Å². The van der Waals surface area contributed by atoms with Gasteiger partial charge in [0, 0.05) is 17.5 Å². The third-order valence-electron chi connectivity index (χ3n) is 4.34. The number of aryl methyl sites for hydroxylation is 2. The molecule has 0 saturated carbocycles. The SMILES string of the molecule is Cc1nc2n(n1)CCC[C@H]2N[C@H]1CCSc2ccccc21. The molecule has 1 aromatic carbocycles. The number of benzene rings is 1. The highest BCUT2D eigenvalue weighted by molar-refractivity contribution is 7.99. The zero-order valence-electron chi connectivity index (χ0n) is 12.2. The highest BCUT2D eigenvalue weighted by Crippen LogP contribution is 2.38. The molecule has 110 valence electrons. The van der Waals surface area contributed by atoms with E-state index in [1.165, 1.54) is 29.1 Å². The molecule has 0 radical (unpaired) electrons. The summed E-state index contributed by atoms with van der Waals surface area (Å²) in [6, 6.07) is 9.55. The van der Waals surface area contributed by atoms with Crippen LogP contribution in [-0.2, 0) is 6.54 Å². The fourth-order valence-electron chi connectivity index (χ4n) is 3.38. The first-order valence-electron chi connectivity index (χ1n) is 7.70. The molecular formula is C16H20N4S. The average molecular weight is 300 g/mol. The third kappa shape index (κ3) is 2.49. The minimum atomic E-state index is 0.334. The number of aromatic nitrogens is 3. The van der Waals surface area contributed by atoms with Gasteiger partial charge in [0.05, 0.1) is 6.04 Å². The Balaban J connectivity index is 1.60. The first-order valence-corrected chi connectivity index (χ1v) is 8.69. The molecule has 0 unspecified atom stereocenters. The van der Waals surface area contributed by atoms with Crippen molar-refractivity contribution in [2.24, 2.45) is 0 Å². The van der Waals surface area contributed by atoms with E-state index in [9.17, 15) is 0 Å². The highest BCUT2D eigenvalue weighted by atomic mass is 32.2. The highest BCUT2D eigenvalue weighted by Gasteiger charge is 2.28. The first-order chi connectivity index (χ1) is 10.3. The Morgan fingerprint density at radius 2 is 2.14 bits per heavy atom. The number of fused-ring (bicyclic) bond motifs is 2. The van der Waals surface area contributed by atoms with E-state index in [-0.39, 0.29) is 0 Å². The summed E-state index contributed by atoms with van der Waals surface area (Å²) in [6.45, 7) is 2.99. The Bertz CT molecular complexity index is 651. The van der Waals surface area contributed by atoms with Crippen molar-refractivity contribution in [3.63, 3.8) is 0 Å². The lowest BCUT2D eigenvalue weighted by Gasteiger charge is -2.31. The van der Waals surface area contributed by atoms with Crippen molar-refractivity contribution in [3.8, 4) is 0 Å². The molecule has 3 heterocycles. The normalized spacial score (nSPS) is 24.4. The lowest BCUT2D eigenvalue weighted by Crippen LogP contribution is -2.33. The molecule has 21 heavy (non-hydrogen) atoms. The fraction of sp³-hybridized carbons (Fsp3) is 0.500. The van der Waals surface area contributed by atoms with E-state index < -0.39 is 0 Å². The molecule has 4 nitrogen and oxygen atoms in total. The number of rotatable bonds is 2. The summed E-state index contributed by atoms with van der Waals surface area (Å²) in [5, 5.41) is 8.35. The fourth-order valence-corrected chi connectivity index (χ4v) is 4.51. The lowest BCUT2D eigenvalue weighted by molar-refractivity contribution is 0.330. The summed E-state index contributed by atoms with van der Waals surface area (Å²) >= 11 is 1.97. The summed E-state index contributed by atoms with van der Waals surface area (Å²) in [6.07, 6.45) is 3.52. The second-order valence-corrected chi connectivity index (χ2v) is 6.97. The summed E-state index contributed by atoms with van der Waals surface area (Å²) in [7, 11) is 0. The van der Waals surface area contributed by atoms with Gasteiger partial charge in [0.2, 0.25) is 0 Å². The Labute approximate surface area is 129 Å². The Kier molecular flexibility index (Phi) is 3.47. The number of thioether (sulfide) groups is 1. The van der Waals surface area contributed by atoms with Gasteiger partial charge < -0.3 is 5.32 Å². The maximum atomic E-state index is 4.64. The van der Waals surface area contributed by atoms with Crippen molar-refractivity contribution in [1.82, 2.24) is 20.1 Å². The second-order valence-electron chi connectivity index (χ2n) is 5.83. The second kappa shape index (κ2) is 5.46. The molecule has 0 spiro atoms. The van der Waals surface area contributed by atoms with E-state index in [0.29, 0.717) is 12.1 Å². The van der Waals surface area contributed by atoms with Crippen molar-refractivity contribution in [2.75, 3.05) is 5.75 Å². The van der Waals surface area contributed by atoms with Crippen LogP contribution in [0.5, 0.6) is 0 Å². The van der Waals surface area contributed by atoms with Gasteiger partial charge in [-0.25, -0.2) is 9.67 Å². The van der Waals surface area contributed by atoms with Crippen molar-refractivity contribution >= 4 is 11.8 Å². The van der Waals surface area contributed by atoms with E-state index in [1.807, 2.05) is 18.7 Å². The topological polar surface area (TPSA) is 42.7 Å². The molecule has 1 N–H and O–H groups in total. The maximum Gasteiger partial charge on any atom is 0.147 e. The number of nitrogens with one attached hydrogen (secondary N) is 1. The van der Waals surface area contributed by atoms with Crippen molar-refractivity contribution in [2.45, 2.75) is 49.7 Å². The molecule has 0 saturated heterocycles. The minimum absolute atomic E-state index is 0.334. The quantitative estimate of drug-likeness (QED) is 0.924. The monoisotopic (exact) mass is 300 g/mol. The average Bonchev–Trinajstić information content (AvgIpc) is 2.89. The molecule has 2 atom stereocenters. The van der Waals surface area contributed by atoms with Gasteiger partial charge in [-0.1, -0.05) is 18.2 Å². The smallest absolute Gasteiger partial charge is 0.147 e. The molecule has 2 aliphatic heterocycles. The Morgan fingerprint density at radius 1 is 1.24 bits per heavy atom. The molecule has 5 heteroatoms. The molecule has 0 bridgehead atoms. The first kappa shape index (κ1) is 13.3.